The predicted molar refractivity (Wildman–Crippen MR) is 65.2 cm³/mol. The van der Waals surface area contributed by atoms with Crippen LogP contribution < -0.4 is 5.73 Å². The molecule has 88 valence electrons. The normalized spacial score (nSPS) is 10.7. The van der Waals surface area contributed by atoms with Crippen molar-refractivity contribution in [2.75, 3.05) is 0 Å². The summed E-state index contributed by atoms with van der Waals surface area (Å²) in [5.74, 6) is 0.101. The molecule has 0 aromatic carbocycles. The van der Waals surface area contributed by atoms with E-state index in [4.69, 9.17) is 5.73 Å². The summed E-state index contributed by atoms with van der Waals surface area (Å²) >= 11 is 0. The van der Waals surface area contributed by atoms with E-state index in [2.05, 4.69) is 15.0 Å². The molecule has 0 bridgehead atoms. The number of primary amides is 1. The monoisotopic (exact) mass is 239 g/mol. The van der Waals surface area contributed by atoms with Crippen LogP contribution in [0.1, 0.15) is 10.4 Å². The molecule has 0 aliphatic rings. The van der Waals surface area contributed by atoms with Crippen LogP contribution in [-0.4, -0.2) is 25.4 Å². The van der Waals surface area contributed by atoms with Crippen LogP contribution in [0.25, 0.3) is 16.9 Å². The fourth-order valence-electron chi connectivity index (χ4n) is 1.85. The quantitative estimate of drug-likeness (QED) is 0.720. The van der Waals surface area contributed by atoms with Crippen LogP contribution in [0.5, 0.6) is 0 Å². The van der Waals surface area contributed by atoms with Gasteiger partial charge in [0.1, 0.15) is 5.65 Å². The number of aromatic nitrogens is 4. The fourth-order valence-corrected chi connectivity index (χ4v) is 1.85. The summed E-state index contributed by atoms with van der Waals surface area (Å²) in [5.41, 5.74) is 6.41. The van der Waals surface area contributed by atoms with E-state index in [1.54, 1.807) is 47.7 Å². The second-order valence-electron chi connectivity index (χ2n) is 3.72. The Morgan fingerprint density at radius 1 is 1.22 bits per heavy atom. The number of nitrogens with two attached hydrogens (primary N) is 1. The van der Waals surface area contributed by atoms with Gasteiger partial charge in [0, 0.05) is 30.2 Å². The lowest BCUT2D eigenvalue weighted by Crippen LogP contribution is -2.10. The molecule has 0 radical (unpaired) electrons. The van der Waals surface area contributed by atoms with Gasteiger partial charge in [-0.3, -0.25) is 14.3 Å². The molecule has 2 N–H and O–H groups in total. The molecule has 0 saturated carbocycles. The zero-order chi connectivity index (χ0) is 12.5. The van der Waals surface area contributed by atoms with Gasteiger partial charge in [-0.25, -0.2) is 9.97 Å². The largest absolute Gasteiger partial charge is 0.366 e. The highest BCUT2D eigenvalue weighted by molar-refractivity contribution is 6.05. The lowest BCUT2D eigenvalue weighted by atomic mass is 10.2. The lowest BCUT2D eigenvalue weighted by Gasteiger charge is -2.01. The Bertz CT molecular complexity index is 720. The zero-order valence-electron chi connectivity index (χ0n) is 9.32. The third-order valence-electron chi connectivity index (χ3n) is 2.63. The highest BCUT2D eigenvalue weighted by Crippen LogP contribution is 2.21. The van der Waals surface area contributed by atoms with E-state index in [1.165, 1.54) is 0 Å². The van der Waals surface area contributed by atoms with Gasteiger partial charge in [-0.1, -0.05) is 0 Å². The summed E-state index contributed by atoms with van der Waals surface area (Å²) in [5, 5.41) is 0.704. The summed E-state index contributed by atoms with van der Waals surface area (Å²) in [6.07, 6.45) is 8.04. The second-order valence-corrected chi connectivity index (χ2v) is 3.72. The van der Waals surface area contributed by atoms with E-state index in [-0.39, 0.29) is 0 Å². The predicted octanol–water partition coefficient (Wildman–Crippen LogP) is 0.914. The van der Waals surface area contributed by atoms with E-state index < -0.39 is 5.91 Å². The molecule has 3 aromatic heterocycles. The molecule has 3 heterocycles. The average molecular weight is 239 g/mol. The second kappa shape index (κ2) is 3.92. The first kappa shape index (κ1) is 10.4. The molecule has 0 atom stereocenters. The van der Waals surface area contributed by atoms with Gasteiger partial charge in [-0.15, -0.1) is 0 Å². The lowest BCUT2D eigenvalue weighted by molar-refractivity contribution is 0.100. The van der Waals surface area contributed by atoms with Gasteiger partial charge in [0.25, 0.3) is 5.91 Å². The van der Waals surface area contributed by atoms with Crippen LogP contribution in [-0.2, 0) is 0 Å². The van der Waals surface area contributed by atoms with Crippen LogP contribution >= 0.6 is 0 Å². The summed E-state index contributed by atoms with van der Waals surface area (Å²) in [7, 11) is 0. The first-order chi connectivity index (χ1) is 8.77. The van der Waals surface area contributed by atoms with Crippen LogP contribution in [0.4, 0.5) is 0 Å². The molecule has 3 rings (SSSR count). The molecule has 6 heteroatoms. The SMILES string of the molecule is NC(=O)c1cn(-c2cnccn2)c2ncccc12. The first-order valence-electron chi connectivity index (χ1n) is 5.29. The van der Waals surface area contributed by atoms with Crippen molar-refractivity contribution in [1.82, 2.24) is 19.5 Å². The van der Waals surface area contributed by atoms with Crippen molar-refractivity contribution in [3.63, 3.8) is 0 Å². The number of hydrogen-bond donors (Lipinski definition) is 1. The molecule has 0 fully saturated rings. The molecule has 0 unspecified atom stereocenters. The third-order valence-corrected chi connectivity index (χ3v) is 2.63. The Kier molecular flexibility index (Phi) is 2.26. The number of pyridine rings is 1. The minimum absolute atomic E-state index is 0.420. The van der Waals surface area contributed by atoms with Crippen molar-refractivity contribution < 1.29 is 4.79 Å². The molecular formula is C12H9N5O. The van der Waals surface area contributed by atoms with Crippen molar-refractivity contribution in [2.24, 2.45) is 5.73 Å². The van der Waals surface area contributed by atoms with Crippen molar-refractivity contribution >= 4 is 16.9 Å². The minimum atomic E-state index is -0.490. The number of fused-ring (bicyclic) bond motifs is 1. The van der Waals surface area contributed by atoms with Crippen molar-refractivity contribution in [3.8, 4) is 5.82 Å². The number of carbonyl (C=O) groups excluding carboxylic acids is 1. The number of hydrogen-bond acceptors (Lipinski definition) is 4. The van der Waals surface area contributed by atoms with Crippen molar-refractivity contribution in [3.05, 3.63) is 48.7 Å². The smallest absolute Gasteiger partial charge is 0.250 e. The van der Waals surface area contributed by atoms with E-state index in [0.717, 1.165) is 0 Å². The first-order valence-corrected chi connectivity index (χ1v) is 5.29. The molecular weight excluding hydrogens is 230 g/mol. The van der Waals surface area contributed by atoms with Crippen molar-refractivity contribution in [1.29, 1.82) is 0 Å². The molecule has 0 spiro atoms. The molecule has 0 saturated heterocycles. The van der Waals surface area contributed by atoms with Gasteiger partial charge in [0.05, 0.1) is 11.8 Å². The van der Waals surface area contributed by atoms with Crippen molar-refractivity contribution in [2.45, 2.75) is 0 Å². The van der Waals surface area contributed by atoms with Gasteiger partial charge in [-0.05, 0) is 12.1 Å². The van der Waals surface area contributed by atoms with Crippen LogP contribution in [0.2, 0.25) is 0 Å². The van der Waals surface area contributed by atoms with Gasteiger partial charge in [-0.2, -0.15) is 0 Å². The topological polar surface area (TPSA) is 86.7 Å². The summed E-state index contributed by atoms with van der Waals surface area (Å²) in [4.78, 5) is 23.8. The standard InChI is InChI=1S/C12H9N5O/c13-11(18)9-7-17(10-6-14-4-5-15-10)12-8(9)2-1-3-16-12/h1-7H,(H2,13,18). The molecule has 3 aromatic rings. The molecule has 0 aliphatic carbocycles. The Balaban J connectivity index is 2.34. The van der Waals surface area contributed by atoms with Gasteiger partial charge < -0.3 is 5.73 Å². The number of amides is 1. The summed E-state index contributed by atoms with van der Waals surface area (Å²) < 4.78 is 1.70. The number of rotatable bonds is 2. The maximum Gasteiger partial charge on any atom is 0.250 e. The zero-order valence-corrected chi connectivity index (χ0v) is 9.32. The Hall–Kier alpha value is -2.76. The third kappa shape index (κ3) is 1.51. The van der Waals surface area contributed by atoms with E-state index in [9.17, 15) is 4.79 Å². The summed E-state index contributed by atoms with van der Waals surface area (Å²) in [6.45, 7) is 0. The molecule has 6 nitrogen and oxygen atoms in total. The van der Waals surface area contributed by atoms with Gasteiger partial charge in [0.2, 0.25) is 0 Å². The van der Waals surface area contributed by atoms with Crippen LogP contribution in [0.3, 0.4) is 0 Å². The van der Waals surface area contributed by atoms with E-state index >= 15 is 0 Å². The fraction of sp³-hybridized carbons (Fsp3) is 0. The molecule has 18 heavy (non-hydrogen) atoms. The maximum absolute atomic E-state index is 11.4. The molecule has 0 aliphatic heterocycles. The average Bonchev–Trinajstić information content (AvgIpc) is 2.79. The Morgan fingerprint density at radius 2 is 2.11 bits per heavy atom. The van der Waals surface area contributed by atoms with Crippen LogP contribution in [0, 0.1) is 0 Å². The minimum Gasteiger partial charge on any atom is -0.366 e. The van der Waals surface area contributed by atoms with Gasteiger partial charge >= 0.3 is 0 Å². The van der Waals surface area contributed by atoms with E-state index in [1.807, 2.05) is 0 Å². The van der Waals surface area contributed by atoms with Crippen LogP contribution in [0.15, 0.2) is 43.1 Å². The highest BCUT2D eigenvalue weighted by atomic mass is 16.1. The maximum atomic E-state index is 11.4. The highest BCUT2D eigenvalue weighted by Gasteiger charge is 2.14. The molecule has 1 amide bonds. The Morgan fingerprint density at radius 3 is 2.83 bits per heavy atom. The summed E-state index contributed by atoms with van der Waals surface area (Å²) in [6, 6.07) is 3.56. The Labute approximate surface area is 102 Å². The number of nitrogens with zero attached hydrogens (tertiary/aromatic N) is 4. The van der Waals surface area contributed by atoms with E-state index in [0.29, 0.717) is 22.4 Å². The number of carbonyl (C=O) groups is 1. The van der Waals surface area contributed by atoms with Gasteiger partial charge in [0.15, 0.2) is 5.82 Å².